The Morgan fingerprint density at radius 2 is 2.20 bits per heavy atom. The highest BCUT2D eigenvalue weighted by molar-refractivity contribution is 6.50. The molecule has 0 saturated carbocycles. The Hall–Kier alpha value is -1.81. The Morgan fingerprint density at radius 1 is 1.53 bits per heavy atom. The van der Waals surface area contributed by atoms with Crippen molar-refractivity contribution in [2.45, 2.75) is 0 Å². The minimum absolute atomic E-state index is 0.246. The Kier molecular flexibility index (Phi) is 3.88. The topological polar surface area (TPSA) is 86.1 Å². The zero-order valence-electron chi connectivity index (χ0n) is 8.40. The molecule has 1 aliphatic rings. The van der Waals surface area contributed by atoms with Gasteiger partial charge in [-0.05, 0) is 12.2 Å². The summed E-state index contributed by atoms with van der Waals surface area (Å²) in [6, 6.07) is 0. The van der Waals surface area contributed by atoms with Crippen molar-refractivity contribution in [3.8, 4) is 0 Å². The van der Waals surface area contributed by atoms with Crippen LogP contribution in [0.3, 0.4) is 0 Å². The third-order valence-corrected chi connectivity index (χ3v) is 2.05. The van der Waals surface area contributed by atoms with Gasteiger partial charge in [-0.25, -0.2) is 0 Å². The zero-order chi connectivity index (χ0) is 11.3. The Morgan fingerprint density at radius 3 is 2.73 bits per heavy atom. The van der Waals surface area contributed by atoms with Crippen LogP contribution < -0.4 is 5.73 Å². The quantitative estimate of drug-likeness (QED) is 0.466. The molecule has 1 aliphatic carbocycles. The number of nitrogens with one attached hydrogen (secondary N) is 2. The number of allylic oxidation sites excluding steroid dienone is 4. The fourth-order valence-corrected chi connectivity index (χ4v) is 1.11. The first-order chi connectivity index (χ1) is 7.19. The highest BCUT2D eigenvalue weighted by Crippen LogP contribution is 2.08. The third-order valence-electron chi connectivity index (χ3n) is 2.05. The molecule has 1 rings (SSSR count). The van der Waals surface area contributed by atoms with Gasteiger partial charge in [0.25, 0.3) is 0 Å². The summed E-state index contributed by atoms with van der Waals surface area (Å²) in [6.07, 6.45) is 8.21. The lowest BCUT2D eigenvalue weighted by molar-refractivity contribution is 0.815. The van der Waals surface area contributed by atoms with E-state index in [1.54, 1.807) is 18.2 Å². The van der Waals surface area contributed by atoms with Crippen molar-refractivity contribution in [1.82, 2.24) is 0 Å². The van der Waals surface area contributed by atoms with Crippen LogP contribution in [0.1, 0.15) is 0 Å². The van der Waals surface area contributed by atoms with E-state index in [-0.39, 0.29) is 5.92 Å². The van der Waals surface area contributed by atoms with Crippen molar-refractivity contribution >= 4 is 17.6 Å². The maximum absolute atomic E-state index is 7.60. The van der Waals surface area contributed by atoms with Crippen LogP contribution in [0, 0.1) is 16.7 Å². The van der Waals surface area contributed by atoms with Crippen LogP contribution in [0.25, 0.3) is 0 Å². The van der Waals surface area contributed by atoms with Crippen molar-refractivity contribution in [1.29, 1.82) is 10.8 Å². The minimum atomic E-state index is -0.246. The molecule has 0 heterocycles. The van der Waals surface area contributed by atoms with E-state index in [2.05, 4.69) is 11.6 Å². The number of nitrogens with two attached hydrogens (primary N) is 1. The fourth-order valence-electron chi connectivity index (χ4n) is 1.11. The van der Waals surface area contributed by atoms with Crippen molar-refractivity contribution in [2.75, 3.05) is 6.54 Å². The third kappa shape index (κ3) is 2.82. The molecule has 4 heteroatoms. The van der Waals surface area contributed by atoms with Crippen LogP contribution in [0.4, 0.5) is 0 Å². The first-order valence-corrected chi connectivity index (χ1v) is 4.61. The van der Waals surface area contributed by atoms with Crippen LogP contribution in [-0.4, -0.2) is 24.2 Å². The summed E-state index contributed by atoms with van der Waals surface area (Å²) in [5.41, 5.74) is 6.88. The van der Waals surface area contributed by atoms with E-state index < -0.39 is 0 Å². The predicted octanol–water partition coefficient (Wildman–Crippen LogP) is 1.31. The van der Waals surface area contributed by atoms with Gasteiger partial charge in [0.2, 0.25) is 0 Å². The lowest BCUT2D eigenvalue weighted by Gasteiger charge is -2.10. The second-order valence-corrected chi connectivity index (χ2v) is 3.13. The van der Waals surface area contributed by atoms with Gasteiger partial charge in [0, 0.05) is 24.4 Å². The van der Waals surface area contributed by atoms with Gasteiger partial charge in [0.15, 0.2) is 0 Å². The first kappa shape index (κ1) is 11.3. The number of aliphatic imine (C=N–C) groups is 1. The standard InChI is InChI=1S/C11H14N4/c1-8(9(6-12)7-13)15-11-5-3-2-4-10(11)14/h2-6,9,12,14H,1,7,13H2/b12-6?,14-10?,15-11-. The number of hydrogen-bond donors (Lipinski definition) is 3. The van der Waals surface area contributed by atoms with E-state index in [9.17, 15) is 0 Å². The van der Waals surface area contributed by atoms with Gasteiger partial charge in [-0.2, -0.15) is 0 Å². The molecule has 0 bridgehead atoms. The summed E-state index contributed by atoms with van der Waals surface area (Å²) in [5, 5.41) is 14.7. The van der Waals surface area contributed by atoms with Gasteiger partial charge < -0.3 is 11.1 Å². The summed E-state index contributed by atoms with van der Waals surface area (Å²) in [4.78, 5) is 4.19. The highest BCUT2D eigenvalue weighted by Gasteiger charge is 2.09. The molecule has 15 heavy (non-hydrogen) atoms. The van der Waals surface area contributed by atoms with Crippen LogP contribution >= 0.6 is 0 Å². The molecular formula is C11H14N4. The van der Waals surface area contributed by atoms with E-state index in [1.807, 2.05) is 6.08 Å². The van der Waals surface area contributed by atoms with Crippen LogP contribution in [0.15, 0.2) is 41.6 Å². The fraction of sp³-hybridized carbons (Fsp3) is 0.182. The van der Waals surface area contributed by atoms with Gasteiger partial charge in [-0.3, -0.25) is 10.4 Å². The average molecular weight is 202 g/mol. The predicted molar refractivity (Wildman–Crippen MR) is 63.9 cm³/mol. The SMILES string of the molecule is C=C(/N=C1/C=CC=CC1=N)C(C=N)CN. The van der Waals surface area contributed by atoms with Crippen LogP contribution in [-0.2, 0) is 0 Å². The molecule has 78 valence electrons. The van der Waals surface area contributed by atoms with Crippen molar-refractivity contribution in [2.24, 2.45) is 16.6 Å². The molecule has 0 spiro atoms. The second-order valence-electron chi connectivity index (χ2n) is 3.13. The zero-order valence-corrected chi connectivity index (χ0v) is 8.40. The smallest absolute Gasteiger partial charge is 0.0882 e. The van der Waals surface area contributed by atoms with Gasteiger partial charge in [-0.15, -0.1) is 0 Å². The lowest BCUT2D eigenvalue weighted by atomic mass is 10.1. The van der Waals surface area contributed by atoms with E-state index in [1.165, 1.54) is 6.21 Å². The number of rotatable bonds is 4. The first-order valence-electron chi connectivity index (χ1n) is 4.61. The van der Waals surface area contributed by atoms with Gasteiger partial charge in [0.05, 0.1) is 11.4 Å². The molecule has 0 amide bonds. The van der Waals surface area contributed by atoms with Gasteiger partial charge in [-0.1, -0.05) is 18.7 Å². The maximum Gasteiger partial charge on any atom is 0.0882 e. The molecule has 0 aromatic rings. The second kappa shape index (κ2) is 5.17. The van der Waals surface area contributed by atoms with E-state index in [0.29, 0.717) is 23.7 Å². The summed E-state index contributed by atoms with van der Waals surface area (Å²) < 4.78 is 0. The Bertz CT molecular complexity index is 374. The molecule has 0 aromatic carbocycles. The van der Waals surface area contributed by atoms with Gasteiger partial charge in [0.1, 0.15) is 0 Å². The Balaban J connectivity index is 2.83. The van der Waals surface area contributed by atoms with Crippen molar-refractivity contribution in [3.05, 3.63) is 36.6 Å². The van der Waals surface area contributed by atoms with Crippen molar-refractivity contribution < 1.29 is 0 Å². The van der Waals surface area contributed by atoms with Crippen LogP contribution in [0.2, 0.25) is 0 Å². The number of hydrogen-bond acceptors (Lipinski definition) is 4. The number of nitrogens with zero attached hydrogens (tertiary/aromatic N) is 1. The summed E-state index contributed by atoms with van der Waals surface area (Å²) in [6.45, 7) is 4.06. The van der Waals surface area contributed by atoms with E-state index in [0.717, 1.165) is 0 Å². The molecule has 1 unspecified atom stereocenters. The molecule has 0 saturated heterocycles. The lowest BCUT2D eigenvalue weighted by Crippen LogP contribution is -2.18. The maximum atomic E-state index is 7.60. The summed E-state index contributed by atoms with van der Waals surface area (Å²) in [7, 11) is 0. The van der Waals surface area contributed by atoms with Crippen molar-refractivity contribution in [3.63, 3.8) is 0 Å². The summed E-state index contributed by atoms with van der Waals surface area (Å²) in [5.74, 6) is -0.246. The Labute approximate surface area is 88.9 Å². The van der Waals surface area contributed by atoms with Gasteiger partial charge >= 0.3 is 0 Å². The molecule has 0 aromatic heterocycles. The molecular weight excluding hydrogens is 188 g/mol. The molecule has 0 radical (unpaired) electrons. The normalized spacial score (nSPS) is 19.3. The molecule has 4 N–H and O–H groups in total. The van der Waals surface area contributed by atoms with E-state index >= 15 is 0 Å². The molecule has 0 aliphatic heterocycles. The summed E-state index contributed by atoms with van der Waals surface area (Å²) >= 11 is 0. The minimum Gasteiger partial charge on any atom is -0.329 e. The molecule has 1 atom stereocenters. The molecule has 0 fully saturated rings. The molecule has 4 nitrogen and oxygen atoms in total. The highest BCUT2D eigenvalue weighted by atomic mass is 14.8. The average Bonchev–Trinajstić information content (AvgIpc) is 2.23. The van der Waals surface area contributed by atoms with Crippen LogP contribution in [0.5, 0.6) is 0 Å². The van der Waals surface area contributed by atoms with E-state index in [4.69, 9.17) is 16.6 Å². The largest absolute Gasteiger partial charge is 0.329 e. The monoisotopic (exact) mass is 202 g/mol.